The Balaban J connectivity index is 1.68. The fourth-order valence-electron chi connectivity index (χ4n) is 3.15. The largest absolute Gasteiger partial charge is 0.477 e. The highest BCUT2D eigenvalue weighted by Gasteiger charge is 2.27. The van der Waals surface area contributed by atoms with Crippen molar-refractivity contribution in [1.29, 1.82) is 0 Å². The van der Waals surface area contributed by atoms with Crippen LogP contribution in [0.2, 0.25) is 0 Å². The highest BCUT2D eigenvalue weighted by atomic mass is 32.1. The van der Waals surface area contributed by atoms with Gasteiger partial charge in [0, 0.05) is 24.6 Å². The molecule has 1 aromatic heterocycles. The van der Waals surface area contributed by atoms with Gasteiger partial charge in [-0.1, -0.05) is 0 Å². The number of rotatable bonds is 5. The zero-order chi connectivity index (χ0) is 17.1. The topological polar surface area (TPSA) is 57.6 Å². The number of carbonyl (C=O) groups excluding carboxylic acids is 1. The molecule has 1 aliphatic rings. The number of hydrogen-bond donors (Lipinski definition) is 1. The summed E-state index contributed by atoms with van der Waals surface area (Å²) in [5.41, 5.74) is 1.33. The summed E-state index contributed by atoms with van der Waals surface area (Å²) in [5, 5.41) is 11.0. The number of carboxylic acid groups (broad SMARTS) is 1. The van der Waals surface area contributed by atoms with E-state index in [4.69, 9.17) is 0 Å². The minimum atomic E-state index is -0.907. The van der Waals surface area contributed by atoms with E-state index in [9.17, 15) is 19.1 Å². The number of likely N-dealkylation sites (tertiary alicyclic amines) is 1. The lowest BCUT2D eigenvalue weighted by Gasteiger charge is -2.32. The molecule has 0 spiro atoms. The van der Waals surface area contributed by atoms with Gasteiger partial charge in [0.15, 0.2) is 5.78 Å². The van der Waals surface area contributed by atoms with Gasteiger partial charge in [-0.05, 0) is 60.7 Å². The van der Waals surface area contributed by atoms with E-state index in [2.05, 4.69) is 4.90 Å². The van der Waals surface area contributed by atoms with Crippen LogP contribution in [0.25, 0.3) is 0 Å². The number of halogens is 1. The van der Waals surface area contributed by atoms with Crippen molar-refractivity contribution >= 4 is 23.1 Å². The number of Topliss-reactive ketones (excluding diaryl/α,β-unsaturated/α-hetero) is 1. The molecule has 0 amide bonds. The zero-order valence-electron chi connectivity index (χ0n) is 13.1. The van der Waals surface area contributed by atoms with Crippen LogP contribution in [0.15, 0.2) is 35.7 Å². The van der Waals surface area contributed by atoms with Crippen molar-refractivity contribution in [1.82, 2.24) is 4.90 Å². The summed E-state index contributed by atoms with van der Waals surface area (Å²) in [7, 11) is 0. The lowest BCUT2D eigenvalue weighted by molar-refractivity contribution is 0.0695. The first-order valence-electron chi connectivity index (χ1n) is 7.86. The molecule has 0 aliphatic carbocycles. The molecule has 1 unspecified atom stereocenters. The van der Waals surface area contributed by atoms with Gasteiger partial charge in [0.25, 0.3) is 0 Å². The van der Waals surface area contributed by atoms with Gasteiger partial charge in [0.1, 0.15) is 10.7 Å². The number of hydrogen-bond acceptors (Lipinski definition) is 4. The average Bonchev–Trinajstić information content (AvgIpc) is 3.03. The van der Waals surface area contributed by atoms with Crippen LogP contribution in [0.1, 0.15) is 38.4 Å². The van der Waals surface area contributed by atoms with Crippen molar-refractivity contribution in [3.8, 4) is 0 Å². The number of benzene rings is 1. The van der Waals surface area contributed by atoms with Gasteiger partial charge in [0.05, 0.1) is 0 Å². The second-order valence-electron chi connectivity index (χ2n) is 6.03. The first kappa shape index (κ1) is 16.8. The lowest BCUT2D eigenvalue weighted by atomic mass is 9.90. The Labute approximate surface area is 143 Å². The fourth-order valence-corrected chi connectivity index (χ4v) is 3.90. The third kappa shape index (κ3) is 3.71. The number of piperidine rings is 1. The highest BCUT2D eigenvalue weighted by molar-refractivity contribution is 7.12. The van der Waals surface area contributed by atoms with Crippen molar-refractivity contribution in [3.05, 3.63) is 57.5 Å². The molecule has 1 aromatic carbocycles. The van der Waals surface area contributed by atoms with Gasteiger partial charge in [-0.2, -0.15) is 0 Å². The standard InChI is InChI=1S/C18H18FNO3S/c19-15-5-3-12(4-6-15)16(21)13-2-1-8-20(10-13)11-14-7-9-24-17(14)18(22)23/h3-7,9,13H,1-2,8,10-11H2,(H,22,23). The van der Waals surface area contributed by atoms with Crippen LogP contribution in [-0.2, 0) is 6.54 Å². The van der Waals surface area contributed by atoms with Crippen molar-refractivity contribution in [2.75, 3.05) is 13.1 Å². The van der Waals surface area contributed by atoms with Gasteiger partial charge in [-0.3, -0.25) is 9.69 Å². The Bertz CT molecular complexity index is 741. The Hall–Kier alpha value is -2.05. The Morgan fingerprint density at radius 1 is 1.25 bits per heavy atom. The highest BCUT2D eigenvalue weighted by Crippen LogP contribution is 2.25. The molecule has 1 N–H and O–H groups in total. The van der Waals surface area contributed by atoms with E-state index in [1.165, 1.54) is 35.6 Å². The second kappa shape index (κ2) is 7.23. The van der Waals surface area contributed by atoms with Crippen LogP contribution >= 0.6 is 11.3 Å². The molecule has 0 radical (unpaired) electrons. The third-order valence-corrected chi connectivity index (χ3v) is 5.28. The molecule has 1 atom stereocenters. The van der Waals surface area contributed by atoms with E-state index in [1.807, 2.05) is 6.07 Å². The van der Waals surface area contributed by atoms with Crippen molar-refractivity contribution in [2.45, 2.75) is 19.4 Å². The molecule has 2 heterocycles. The van der Waals surface area contributed by atoms with Crippen LogP contribution in [0.3, 0.4) is 0 Å². The van der Waals surface area contributed by atoms with Crippen LogP contribution in [0, 0.1) is 11.7 Å². The van der Waals surface area contributed by atoms with E-state index in [-0.39, 0.29) is 17.5 Å². The van der Waals surface area contributed by atoms with Gasteiger partial charge in [0.2, 0.25) is 0 Å². The van der Waals surface area contributed by atoms with Gasteiger partial charge < -0.3 is 5.11 Å². The average molecular weight is 347 g/mol. The fraction of sp³-hybridized carbons (Fsp3) is 0.333. The molecule has 126 valence electrons. The Morgan fingerprint density at radius 2 is 2.00 bits per heavy atom. The third-order valence-electron chi connectivity index (χ3n) is 4.34. The van der Waals surface area contributed by atoms with E-state index in [0.717, 1.165) is 24.9 Å². The maximum Gasteiger partial charge on any atom is 0.346 e. The summed E-state index contributed by atoms with van der Waals surface area (Å²) >= 11 is 1.22. The molecule has 1 fully saturated rings. The SMILES string of the molecule is O=C(O)c1sccc1CN1CCCC(C(=O)c2ccc(F)cc2)C1. The molecule has 4 nitrogen and oxygen atoms in total. The predicted molar refractivity (Wildman–Crippen MR) is 90.0 cm³/mol. The monoisotopic (exact) mass is 347 g/mol. The smallest absolute Gasteiger partial charge is 0.346 e. The number of ketones is 1. The molecule has 24 heavy (non-hydrogen) atoms. The number of carbonyl (C=O) groups is 2. The number of thiophene rings is 1. The van der Waals surface area contributed by atoms with Crippen molar-refractivity contribution in [3.63, 3.8) is 0 Å². The lowest BCUT2D eigenvalue weighted by Crippen LogP contribution is -2.38. The van der Waals surface area contributed by atoms with Crippen LogP contribution in [-0.4, -0.2) is 34.8 Å². The minimum absolute atomic E-state index is 0.0310. The van der Waals surface area contributed by atoms with Gasteiger partial charge in [-0.25, -0.2) is 9.18 Å². The summed E-state index contributed by atoms with van der Waals surface area (Å²) in [6.07, 6.45) is 1.70. The van der Waals surface area contributed by atoms with E-state index >= 15 is 0 Å². The predicted octanol–water partition coefficient (Wildman–Crippen LogP) is 3.68. The van der Waals surface area contributed by atoms with Crippen LogP contribution in [0.4, 0.5) is 4.39 Å². The van der Waals surface area contributed by atoms with E-state index in [1.54, 1.807) is 5.38 Å². The molecular formula is C18H18FNO3S. The Morgan fingerprint density at radius 3 is 2.71 bits per heavy atom. The zero-order valence-corrected chi connectivity index (χ0v) is 13.9. The van der Waals surface area contributed by atoms with Gasteiger partial charge in [-0.15, -0.1) is 11.3 Å². The molecule has 6 heteroatoms. The summed E-state index contributed by atoms with van der Waals surface area (Å²) in [6.45, 7) is 1.99. The number of nitrogens with zero attached hydrogens (tertiary/aromatic N) is 1. The van der Waals surface area contributed by atoms with E-state index < -0.39 is 5.97 Å². The quantitative estimate of drug-likeness (QED) is 0.838. The maximum absolute atomic E-state index is 13.0. The molecule has 3 rings (SSSR count). The molecular weight excluding hydrogens is 329 g/mol. The second-order valence-corrected chi connectivity index (χ2v) is 6.94. The summed E-state index contributed by atoms with van der Waals surface area (Å²) in [4.78, 5) is 26.3. The van der Waals surface area contributed by atoms with Crippen molar-refractivity contribution in [2.24, 2.45) is 5.92 Å². The van der Waals surface area contributed by atoms with Gasteiger partial charge >= 0.3 is 5.97 Å². The van der Waals surface area contributed by atoms with Crippen LogP contribution < -0.4 is 0 Å². The summed E-state index contributed by atoms with van der Waals surface area (Å²) in [5.74, 6) is -1.36. The maximum atomic E-state index is 13.0. The normalized spacial score (nSPS) is 18.5. The molecule has 0 saturated carbocycles. The van der Waals surface area contributed by atoms with E-state index in [0.29, 0.717) is 23.5 Å². The van der Waals surface area contributed by atoms with Crippen molar-refractivity contribution < 1.29 is 19.1 Å². The summed E-state index contributed by atoms with van der Waals surface area (Å²) < 4.78 is 13.0. The molecule has 1 saturated heterocycles. The first-order chi connectivity index (χ1) is 11.5. The number of aromatic carboxylic acids is 1. The molecule has 2 aromatic rings. The molecule has 1 aliphatic heterocycles. The minimum Gasteiger partial charge on any atom is -0.477 e. The van der Waals surface area contributed by atoms with Crippen LogP contribution in [0.5, 0.6) is 0 Å². The molecule has 0 bridgehead atoms. The first-order valence-corrected chi connectivity index (χ1v) is 8.74. The number of carboxylic acids is 1. The Kier molecular flexibility index (Phi) is 5.06. The summed E-state index contributed by atoms with van der Waals surface area (Å²) in [6, 6.07) is 7.49.